The Labute approximate surface area is 195 Å². The Balaban J connectivity index is 1.67. The van der Waals surface area contributed by atoms with Gasteiger partial charge in [-0.3, -0.25) is 19.1 Å². The summed E-state index contributed by atoms with van der Waals surface area (Å²) in [6.45, 7) is -0.0421. The van der Waals surface area contributed by atoms with Crippen LogP contribution in [0, 0.1) is 11.3 Å². The van der Waals surface area contributed by atoms with Crippen LogP contribution in [0.25, 0.3) is 10.9 Å². The van der Waals surface area contributed by atoms with Crippen LogP contribution in [-0.4, -0.2) is 27.8 Å². The Morgan fingerprint density at radius 1 is 1.19 bits per heavy atom. The van der Waals surface area contributed by atoms with E-state index in [1.807, 2.05) is 18.2 Å². The number of carbonyl (C=O) groups is 1. The van der Waals surface area contributed by atoms with Crippen LogP contribution in [0.5, 0.6) is 0 Å². The van der Waals surface area contributed by atoms with Crippen molar-refractivity contribution in [2.45, 2.75) is 43.3 Å². The molecule has 32 heavy (non-hydrogen) atoms. The lowest BCUT2D eigenvalue weighted by atomic mass is 9.95. The van der Waals surface area contributed by atoms with Crippen LogP contribution in [0.3, 0.4) is 0 Å². The molecule has 0 spiro atoms. The number of aromatic nitrogens is 2. The Morgan fingerprint density at radius 2 is 1.94 bits per heavy atom. The van der Waals surface area contributed by atoms with Crippen LogP contribution in [0.15, 0.2) is 58.5 Å². The molecule has 0 unspecified atom stereocenters. The molecule has 0 atom stereocenters. The van der Waals surface area contributed by atoms with E-state index in [1.54, 1.807) is 34.9 Å². The molecule has 0 aliphatic heterocycles. The Hall–Kier alpha value is -2.82. The quantitative estimate of drug-likeness (QED) is 0.283. The third-order valence-corrected chi connectivity index (χ3v) is 6.87. The molecule has 0 radical (unpaired) electrons. The van der Waals surface area contributed by atoms with Crippen LogP contribution in [-0.2, 0) is 4.79 Å². The summed E-state index contributed by atoms with van der Waals surface area (Å²) in [5.74, 6) is -0.139. The highest BCUT2D eigenvalue weighted by atomic mass is 35.5. The number of anilines is 1. The summed E-state index contributed by atoms with van der Waals surface area (Å²) in [5, 5.41) is 10.8. The second kappa shape index (κ2) is 10.2. The van der Waals surface area contributed by atoms with Crippen molar-refractivity contribution >= 4 is 45.9 Å². The molecule has 8 heteroatoms. The van der Waals surface area contributed by atoms with E-state index in [0.29, 0.717) is 26.8 Å². The molecule has 1 aromatic heterocycles. The molecule has 3 aromatic rings. The minimum atomic E-state index is -0.210. The maximum atomic E-state index is 13.4. The van der Waals surface area contributed by atoms with E-state index < -0.39 is 0 Å². The number of benzene rings is 2. The van der Waals surface area contributed by atoms with Gasteiger partial charge in [0.15, 0.2) is 5.16 Å². The van der Waals surface area contributed by atoms with Crippen LogP contribution in [0.4, 0.5) is 5.69 Å². The highest BCUT2D eigenvalue weighted by molar-refractivity contribution is 7.99. The second-order valence-corrected chi connectivity index (χ2v) is 9.16. The van der Waals surface area contributed by atoms with Crippen LogP contribution in [0.2, 0.25) is 5.02 Å². The fraction of sp³-hybridized carbons (Fsp3) is 0.333. The van der Waals surface area contributed by atoms with Crippen molar-refractivity contribution in [3.63, 3.8) is 0 Å². The molecule has 1 amide bonds. The average Bonchev–Trinajstić information content (AvgIpc) is 2.82. The van der Waals surface area contributed by atoms with Gasteiger partial charge in [0.25, 0.3) is 5.56 Å². The van der Waals surface area contributed by atoms with E-state index in [9.17, 15) is 14.9 Å². The first-order valence-electron chi connectivity index (χ1n) is 10.7. The van der Waals surface area contributed by atoms with Gasteiger partial charge >= 0.3 is 0 Å². The van der Waals surface area contributed by atoms with E-state index in [1.165, 1.54) is 23.1 Å². The number of para-hydroxylation sites is 1. The van der Waals surface area contributed by atoms with Gasteiger partial charge in [0.1, 0.15) is 6.54 Å². The normalized spacial score (nSPS) is 14.2. The zero-order chi connectivity index (χ0) is 22.5. The number of rotatable bonds is 6. The monoisotopic (exact) mass is 466 g/mol. The van der Waals surface area contributed by atoms with Gasteiger partial charge in [-0.15, -0.1) is 0 Å². The number of hydrogen-bond acceptors (Lipinski definition) is 5. The number of halogens is 1. The Morgan fingerprint density at radius 3 is 2.66 bits per heavy atom. The summed E-state index contributed by atoms with van der Waals surface area (Å²) in [7, 11) is 0. The lowest BCUT2D eigenvalue weighted by Gasteiger charge is -2.26. The molecule has 0 N–H and O–H groups in total. The van der Waals surface area contributed by atoms with Gasteiger partial charge in [0, 0.05) is 16.8 Å². The molecule has 0 saturated heterocycles. The lowest BCUT2D eigenvalue weighted by molar-refractivity contribution is -0.116. The number of amides is 1. The predicted octanol–water partition coefficient (Wildman–Crippen LogP) is 5.20. The van der Waals surface area contributed by atoms with E-state index in [2.05, 4.69) is 6.07 Å². The first-order chi connectivity index (χ1) is 15.6. The average molecular weight is 467 g/mol. The molecule has 0 bridgehead atoms. The van der Waals surface area contributed by atoms with E-state index >= 15 is 0 Å². The van der Waals surface area contributed by atoms with Crippen molar-refractivity contribution in [2.75, 3.05) is 17.2 Å². The minimum absolute atomic E-state index is 0.0421. The van der Waals surface area contributed by atoms with Gasteiger partial charge < -0.3 is 0 Å². The van der Waals surface area contributed by atoms with Crippen LogP contribution < -0.4 is 10.5 Å². The molecule has 1 saturated carbocycles. The summed E-state index contributed by atoms with van der Waals surface area (Å²) in [5.41, 5.74) is 1.11. The molecular weight excluding hydrogens is 444 g/mol. The Bertz CT molecular complexity index is 1220. The summed E-state index contributed by atoms with van der Waals surface area (Å²) >= 11 is 7.38. The summed E-state index contributed by atoms with van der Waals surface area (Å²) < 4.78 is 1.77. The van der Waals surface area contributed by atoms with Crippen molar-refractivity contribution < 1.29 is 4.79 Å². The standard InChI is InChI=1S/C24H23ClN4O2S/c25-17-11-12-20-21(15-17)27-24(29(23(20)31)19-9-5-2-6-10-19)32-16-22(30)28(14-13-26)18-7-3-1-4-8-18/h1,3-4,7-8,11-12,15,19H,2,5-6,9-10,14,16H2. The fourth-order valence-corrected chi connectivity index (χ4v) is 5.23. The summed E-state index contributed by atoms with van der Waals surface area (Å²) in [6, 6.07) is 16.4. The van der Waals surface area contributed by atoms with E-state index in [4.69, 9.17) is 16.6 Å². The smallest absolute Gasteiger partial charge is 0.262 e. The number of hydrogen-bond donors (Lipinski definition) is 0. The van der Waals surface area contributed by atoms with Crippen LogP contribution >= 0.6 is 23.4 Å². The molecule has 2 aromatic carbocycles. The molecular formula is C24H23ClN4O2S. The number of nitriles is 1. The highest BCUT2D eigenvalue weighted by Gasteiger charge is 2.23. The molecule has 1 aliphatic carbocycles. The van der Waals surface area contributed by atoms with Gasteiger partial charge in [-0.2, -0.15) is 5.26 Å². The number of carbonyl (C=O) groups excluding carboxylic acids is 1. The minimum Gasteiger partial charge on any atom is -0.298 e. The SMILES string of the molecule is N#CCN(C(=O)CSc1nc2cc(Cl)ccc2c(=O)n1C1CCCCC1)c1ccccc1. The predicted molar refractivity (Wildman–Crippen MR) is 128 cm³/mol. The molecule has 1 heterocycles. The van der Waals surface area contributed by atoms with Gasteiger partial charge in [0.2, 0.25) is 5.91 Å². The maximum absolute atomic E-state index is 13.4. The van der Waals surface area contributed by atoms with Crippen molar-refractivity contribution in [2.24, 2.45) is 0 Å². The van der Waals surface area contributed by atoms with Crippen molar-refractivity contribution in [1.29, 1.82) is 5.26 Å². The first kappa shape index (κ1) is 22.4. The number of nitrogens with zero attached hydrogens (tertiary/aromatic N) is 4. The van der Waals surface area contributed by atoms with Crippen molar-refractivity contribution in [3.05, 3.63) is 63.9 Å². The van der Waals surface area contributed by atoms with Crippen molar-refractivity contribution in [1.82, 2.24) is 9.55 Å². The molecule has 6 nitrogen and oxygen atoms in total. The maximum Gasteiger partial charge on any atom is 0.262 e. The summed E-state index contributed by atoms with van der Waals surface area (Å²) in [6.07, 6.45) is 5.16. The van der Waals surface area contributed by atoms with Gasteiger partial charge in [0.05, 0.1) is 22.7 Å². The molecule has 1 aliphatic rings. The van der Waals surface area contributed by atoms with E-state index in [0.717, 1.165) is 25.7 Å². The van der Waals surface area contributed by atoms with Crippen molar-refractivity contribution in [3.8, 4) is 6.07 Å². The Kier molecular flexibility index (Phi) is 7.13. The third kappa shape index (κ3) is 4.82. The highest BCUT2D eigenvalue weighted by Crippen LogP contribution is 2.31. The second-order valence-electron chi connectivity index (χ2n) is 7.79. The molecule has 164 valence electrons. The number of thioether (sulfide) groups is 1. The molecule has 4 rings (SSSR count). The lowest BCUT2D eigenvalue weighted by Crippen LogP contribution is -2.33. The molecule has 1 fully saturated rings. The topological polar surface area (TPSA) is 79.0 Å². The van der Waals surface area contributed by atoms with Gasteiger partial charge in [-0.25, -0.2) is 4.98 Å². The third-order valence-electron chi connectivity index (χ3n) is 5.69. The van der Waals surface area contributed by atoms with Crippen LogP contribution in [0.1, 0.15) is 38.1 Å². The van der Waals surface area contributed by atoms with Gasteiger partial charge in [-0.05, 0) is 43.2 Å². The first-order valence-corrected chi connectivity index (χ1v) is 12.0. The largest absolute Gasteiger partial charge is 0.298 e. The van der Waals surface area contributed by atoms with E-state index in [-0.39, 0.29) is 29.8 Å². The number of fused-ring (bicyclic) bond motifs is 1. The fourth-order valence-electron chi connectivity index (χ4n) is 4.12. The zero-order valence-corrected chi connectivity index (χ0v) is 19.1. The summed E-state index contributed by atoms with van der Waals surface area (Å²) in [4.78, 5) is 32.6. The zero-order valence-electron chi connectivity index (χ0n) is 17.5. The van der Waals surface area contributed by atoms with Gasteiger partial charge in [-0.1, -0.05) is 60.8 Å².